The van der Waals surface area contributed by atoms with Gasteiger partial charge in [-0.3, -0.25) is 9.36 Å². The molecule has 1 atom stereocenters. The lowest BCUT2D eigenvalue weighted by atomic mass is 10.2. The first-order valence-corrected chi connectivity index (χ1v) is 11.4. The first-order valence-electron chi connectivity index (χ1n) is 10.4. The minimum atomic E-state index is -0.309. The molecule has 7 nitrogen and oxygen atoms in total. The van der Waals surface area contributed by atoms with Crippen molar-refractivity contribution in [2.45, 2.75) is 38.6 Å². The summed E-state index contributed by atoms with van der Waals surface area (Å²) in [5.41, 5.74) is 1.84. The second-order valence-electron chi connectivity index (χ2n) is 7.11. The molecule has 0 aliphatic heterocycles. The van der Waals surface area contributed by atoms with E-state index in [0.717, 1.165) is 17.1 Å². The quantitative estimate of drug-likeness (QED) is 0.324. The van der Waals surface area contributed by atoms with Gasteiger partial charge in [-0.2, -0.15) is 0 Å². The second-order valence-corrected chi connectivity index (χ2v) is 8.05. The molecule has 1 N–H and O–H groups in total. The van der Waals surface area contributed by atoms with Crippen molar-refractivity contribution in [3.63, 3.8) is 0 Å². The number of rotatable bonds is 11. The van der Waals surface area contributed by atoms with Crippen LogP contribution in [-0.4, -0.2) is 33.0 Å². The maximum absolute atomic E-state index is 12.4. The van der Waals surface area contributed by atoms with Crippen molar-refractivity contribution in [3.05, 3.63) is 72.6 Å². The molecule has 0 radical (unpaired) electrons. The maximum Gasteiger partial charge on any atom is 0.234 e. The van der Waals surface area contributed by atoms with Gasteiger partial charge in [-0.15, -0.1) is 16.8 Å². The molecule has 1 aromatic heterocycles. The number of benzene rings is 2. The SMILES string of the molecule is C=CCn1c(SCC(=O)Nc2ccc(OCC)cc2)nnc1C(C)Oc1cccc(C)c1. The Kier molecular flexibility index (Phi) is 8.33. The van der Waals surface area contributed by atoms with E-state index >= 15 is 0 Å². The van der Waals surface area contributed by atoms with Gasteiger partial charge >= 0.3 is 0 Å². The molecule has 0 aliphatic rings. The number of nitrogens with one attached hydrogen (secondary N) is 1. The number of anilines is 1. The molecule has 3 rings (SSSR count). The Balaban J connectivity index is 1.62. The minimum Gasteiger partial charge on any atom is -0.494 e. The van der Waals surface area contributed by atoms with Crippen LogP contribution in [0.3, 0.4) is 0 Å². The number of amides is 1. The Bertz CT molecular complexity index is 1050. The van der Waals surface area contributed by atoms with Gasteiger partial charge in [0.25, 0.3) is 0 Å². The monoisotopic (exact) mass is 452 g/mol. The number of carbonyl (C=O) groups is 1. The van der Waals surface area contributed by atoms with E-state index in [1.807, 2.05) is 73.9 Å². The van der Waals surface area contributed by atoms with Crippen LogP contribution in [0.15, 0.2) is 66.3 Å². The van der Waals surface area contributed by atoms with E-state index in [9.17, 15) is 4.79 Å². The maximum atomic E-state index is 12.4. The summed E-state index contributed by atoms with van der Waals surface area (Å²) in [5, 5.41) is 12.1. The Morgan fingerprint density at radius 1 is 1.22 bits per heavy atom. The lowest BCUT2D eigenvalue weighted by Crippen LogP contribution is -2.15. The summed E-state index contributed by atoms with van der Waals surface area (Å²) in [6, 6.07) is 15.2. The van der Waals surface area contributed by atoms with Crippen molar-refractivity contribution >= 4 is 23.4 Å². The van der Waals surface area contributed by atoms with Crippen molar-refractivity contribution in [2.24, 2.45) is 0 Å². The van der Waals surface area contributed by atoms with Gasteiger partial charge in [-0.05, 0) is 62.7 Å². The fourth-order valence-electron chi connectivity index (χ4n) is 3.08. The van der Waals surface area contributed by atoms with Crippen LogP contribution in [-0.2, 0) is 11.3 Å². The van der Waals surface area contributed by atoms with Crippen molar-refractivity contribution < 1.29 is 14.3 Å². The number of aromatic nitrogens is 3. The molecule has 168 valence electrons. The number of nitrogens with zero attached hydrogens (tertiary/aromatic N) is 3. The van der Waals surface area contributed by atoms with Crippen LogP contribution in [0.5, 0.6) is 11.5 Å². The minimum absolute atomic E-state index is 0.127. The predicted octanol–water partition coefficient (Wildman–Crippen LogP) is 5.04. The van der Waals surface area contributed by atoms with Crippen LogP contribution in [0.1, 0.15) is 31.3 Å². The summed E-state index contributed by atoms with van der Waals surface area (Å²) in [6.45, 7) is 10.8. The topological polar surface area (TPSA) is 78.3 Å². The Labute approximate surface area is 192 Å². The van der Waals surface area contributed by atoms with E-state index in [0.29, 0.717) is 29.8 Å². The standard InChI is InChI=1S/C24H28N4O3S/c1-5-14-28-23(18(4)31-21-9-7-8-17(3)15-21)26-27-24(28)32-16-22(29)25-19-10-12-20(13-11-19)30-6-2/h5,7-13,15,18H,1,6,14,16H2,2-4H3,(H,25,29). The third kappa shape index (κ3) is 6.37. The number of carbonyl (C=O) groups excluding carboxylic acids is 1. The summed E-state index contributed by atoms with van der Waals surface area (Å²) in [4.78, 5) is 12.4. The first kappa shape index (κ1) is 23.4. The molecular formula is C24H28N4O3S. The zero-order valence-electron chi connectivity index (χ0n) is 18.6. The molecule has 1 unspecified atom stereocenters. The normalized spacial score (nSPS) is 11.6. The molecule has 1 heterocycles. The number of ether oxygens (including phenoxy) is 2. The fourth-order valence-corrected chi connectivity index (χ4v) is 3.84. The van der Waals surface area contributed by atoms with Crippen molar-refractivity contribution in [1.82, 2.24) is 14.8 Å². The molecule has 0 bridgehead atoms. The van der Waals surface area contributed by atoms with Gasteiger partial charge in [0.2, 0.25) is 5.91 Å². The zero-order chi connectivity index (χ0) is 22.9. The van der Waals surface area contributed by atoms with Crippen LogP contribution in [0.2, 0.25) is 0 Å². The molecule has 1 amide bonds. The number of allylic oxidation sites excluding steroid dienone is 1. The second kappa shape index (κ2) is 11.4. The predicted molar refractivity (Wildman–Crippen MR) is 127 cm³/mol. The molecule has 0 fully saturated rings. The van der Waals surface area contributed by atoms with E-state index in [1.54, 1.807) is 6.08 Å². The molecule has 0 aliphatic carbocycles. The van der Waals surface area contributed by atoms with Gasteiger partial charge < -0.3 is 14.8 Å². The van der Waals surface area contributed by atoms with Gasteiger partial charge in [0.05, 0.1) is 12.4 Å². The Morgan fingerprint density at radius 2 is 2.00 bits per heavy atom. The lowest BCUT2D eigenvalue weighted by Gasteiger charge is -2.16. The summed E-state index contributed by atoms with van der Waals surface area (Å²) in [5.74, 6) is 2.30. The molecule has 32 heavy (non-hydrogen) atoms. The molecule has 2 aromatic carbocycles. The van der Waals surface area contributed by atoms with E-state index < -0.39 is 0 Å². The number of hydrogen-bond acceptors (Lipinski definition) is 6. The molecular weight excluding hydrogens is 424 g/mol. The molecule has 3 aromatic rings. The van der Waals surface area contributed by atoms with Crippen molar-refractivity contribution in [2.75, 3.05) is 17.7 Å². The Hall–Kier alpha value is -3.26. The molecule has 8 heteroatoms. The smallest absolute Gasteiger partial charge is 0.234 e. The van der Waals surface area contributed by atoms with Crippen LogP contribution in [0.25, 0.3) is 0 Å². The zero-order valence-corrected chi connectivity index (χ0v) is 19.4. The van der Waals surface area contributed by atoms with Crippen LogP contribution < -0.4 is 14.8 Å². The summed E-state index contributed by atoms with van der Waals surface area (Å²) >= 11 is 1.32. The van der Waals surface area contributed by atoms with Gasteiger partial charge in [-0.25, -0.2) is 0 Å². The Morgan fingerprint density at radius 3 is 2.69 bits per heavy atom. The molecule has 0 saturated heterocycles. The van der Waals surface area contributed by atoms with E-state index in [1.165, 1.54) is 11.8 Å². The van der Waals surface area contributed by atoms with Crippen LogP contribution in [0.4, 0.5) is 5.69 Å². The average molecular weight is 453 g/mol. The van der Waals surface area contributed by atoms with Crippen molar-refractivity contribution in [3.8, 4) is 11.5 Å². The number of aryl methyl sites for hydroxylation is 1. The van der Waals surface area contributed by atoms with Gasteiger partial charge in [0.15, 0.2) is 17.1 Å². The summed E-state index contributed by atoms with van der Waals surface area (Å²) < 4.78 is 13.4. The highest BCUT2D eigenvalue weighted by Crippen LogP contribution is 2.25. The third-order valence-electron chi connectivity index (χ3n) is 4.50. The van der Waals surface area contributed by atoms with E-state index in [4.69, 9.17) is 9.47 Å². The molecule has 0 saturated carbocycles. The largest absolute Gasteiger partial charge is 0.494 e. The van der Waals surface area contributed by atoms with E-state index in [-0.39, 0.29) is 17.8 Å². The highest BCUT2D eigenvalue weighted by atomic mass is 32.2. The van der Waals surface area contributed by atoms with Gasteiger partial charge in [-0.1, -0.05) is 30.0 Å². The van der Waals surface area contributed by atoms with Crippen LogP contribution >= 0.6 is 11.8 Å². The molecule has 0 spiro atoms. The first-order chi connectivity index (χ1) is 15.5. The van der Waals surface area contributed by atoms with Gasteiger partial charge in [0.1, 0.15) is 11.5 Å². The third-order valence-corrected chi connectivity index (χ3v) is 5.47. The summed E-state index contributed by atoms with van der Waals surface area (Å²) in [6.07, 6.45) is 1.47. The lowest BCUT2D eigenvalue weighted by molar-refractivity contribution is -0.113. The number of hydrogen-bond donors (Lipinski definition) is 1. The van der Waals surface area contributed by atoms with Gasteiger partial charge in [0, 0.05) is 12.2 Å². The summed E-state index contributed by atoms with van der Waals surface area (Å²) in [7, 11) is 0. The highest BCUT2D eigenvalue weighted by Gasteiger charge is 2.20. The van der Waals surface area contributed by atoms with E-state index in [2.05, 4.69) is 22.1 Å². The highest BCUT2D eigenvalue weighted by molar-refractivity contribution is 7.99. The average Bonchev–Trinajstić information content (AvgIpc) is 3.17. The number of thioether (sulfide) groups is 1. The fraction of sp³-hybridized carbons (Fsp3) is 0.292. The van der Waals surface area contributed by atoms with Crippen LogP contribution in [0, 0.1) is 6.92 Å². The van der Waals surface area contributed by atoms with Crippen molar-refractivity contribution in [1.29, 1.82) is 0 Å².